The molecule has 2 aromatic carbocycles. The minimum absolute atomic E-state index is 0.539. The van der Waals surface area contributed by atoms with E-state index in [1.807, 2.05) is 0 Å². The second-order valence-electron chi connectivity index (χ2n) is 9.59. The number of benzene rings is 2. The fourth-order valence-corrected chi connectivity index (χ4v) is 5.82. The van der Waals surface area contributed by atoms with Crippen molar-refractivity contribution >= 4 is 20.3 Å². The Labute approximate surface area is 180 Å². The summed E-state index contributed by atoms with van der Waals surface area (Å²) in [4.78, 5) is 0. The second kappa shape index (κ2) is 9.09. The monoisotopic (exact) mass is 410 g/mol. The largest absolute Gasteiger partial charge is 0.334 e. The van der Waals surface area contributed by atoms with Crippen molar-refractivity contribution < 1.29 is 0 Å². The standard InChI is InChI=1S/C26H39N2P/c1-17(2)21-11-9-12-22(18(3)4)25(21)27-15-16-28(29-27)26-23(19(5)6)13-10-14-24(26)20(7)8/h9-14,17-20,29H,15-16H2,1-8H3. The van der Waals surface area contributed by atoms with E-state index in [9.17, 15) is 0 Å². The molecule has 1 heterocycles. The Bertz CT molecular complexity index is 717. The first kappa shape index (κ1) is 22.2. The molecule has 0 N–H and O–H groups in total. The van der Waals surface area contributed by atoms with Crippen LogP contribution in [0, 0.1) is 0 Å². The molecule has 0 unspecified atom stereocenters. The highest BCUT2D eigenvalue weighted by Gasteiger charge is 2.29. The molecule has 0 amide bonds. The van der Waals surface area contributed by atoms with Crippen molar-refractivity contribution in [3.05, 3.63) is 58.7 Å². The second-order valence-corrected chi connectivity index (χ2v) is 10.9. The SMILES string of the molecule is CC(C)c1cccc(C(C)C)c1N1CCN(c2c(C(C)C)cccc2C(C)C)P1. The average molecular weight is 411 g/mol. The topological polar surface area (TPSA) is 6.48 Å². The van der Waals surface area contributed by atoms with Crippen LogP contribution in [0.5, 0.6) is 0 Å². The Kier molecular flexibility index (Phi) is 6.94. The first-order chi connectivity index (χ1) is 13.7. The van der Waals surface area contributed by atoms with Gasteiger partial charge in [0.2, 0.25) is 0 Å². The Morgan fingerprint density at radius 3 is 1.07 bits per heavy atom. The Morgan fingerprint density at radius 1 is 0.552 bits per heavy atom. The van der Waals surface area contributed by atoms with Crippen molar-refractivity contribution in [3.63, 3.8) is 0 Å². The van der Waals surface area contributed by atoms with Crippen molar-refractivity contribution in [2.75, 3.05) is 22.4 Å². The summed E-state index contributed by atoms with van der Waals surface area (Å²) in [5.41, 5.74) is 8.95. The summed E-state index contributed by atoms with van der Waals surface area (Å²) in [6, 6.07) is 13.8. The van der Waals surface area contributed by atoms with Crippen molar-refractivity contribution in [1.29, 1.82) is 0 Å². The van der Waals surface area contributed by atoms with E-state index in [2.05, 4.69) is 101 Å². The van der Waals surface area contributed by atoms with Gasteiger partial charge in [0.25, 0.3) is 0 Å². The summed E-state index contributed by atoms with van der Waals surface area (Å²) in [5.74, 6) is 2.15. The van der Waals surface area contributed by atoms with E-state index in [0.29, 0.717) is 32.6 Å². The van der Waals surface area contributed by atoms with Gasteiger partial charge in [0.1, 0.15) is 0 Å². The van der Waals surface area contributed by atoms with E-state index in [4.69, 9.17) is 0 Å². The molecule has 1 fully saturated rings. The van der Waals surface area contributed by atoms with Crippen LogP contribution in [0.25, 0.3) is 0 Å². The van der Waals surface area contributed by atoms with E-state index in [-0.39, 0.29) is 0 Å². The zero-order valence-electron chi connectivity index (χ0n) is 19.6. The van der Waals surface area contributed by atoms with Crippen molar-refractivity contribution in [2.45, 2.75) is 79.1 Å². The predicted octanol–water partition coefficient (Wildman–Crippen LogP) is 8.02. The number of anilines is 2. The zero-order valence-corrected chi connectivity index (χ0v) is 20.6. The molecule has 3 rings (SSSR count). The van der Waals surface area contributed by atoms with Crippen molar-refractivity contribution in [2.24, 2.45) is 0 Å². The van der Waals surface area contributed by atoms with Gasteiger partial charge in [-0.05, 0) is 45.9 Å². The lowest BCUT2D eigenvalue weighted by atomic mass is 9.92. The van der Waals surface area contributed by atoms with Gasteiger partial charge in [-0.1, -0.05) is 91.8 Å². The summed E-state index contributed by atoms with van der Waals surface area (Å²) in [5, 5.41) is 0. The first-order valence-corrected chi connectivity index (χ1v) is 12.2. The quantitative estimate of drug-likeness (QED) is 0.445. The van der Waals surface area contributed by atoms with Gasteiger partial charge < -0.3 is 9.34 Å². The van der Waals surface area contributed by atoms with Crippen LogP contribution in [0.4, 0.5) is 11.4 Å². The molecule has 1 aliphatic heterocycles. The number of rotatable bonds is 6. The van der Waals surface area contributed by atoms with Gasteiger partial charge in [-0.25, -0.2) is 0 Å². The Balaban J connectivity index is 2.03. The van der Waals surface area contributed by atoms with Gasteiger partial charge in [0, 0.05) is 24.5 Å². The number of nitrogens with zero attached hydrogens (tertiary/aromatic N) is 2. The highest BCUT2D eigenvalue weighted by Crippen LogP contribution is 2.48. The molecule has 1 aliphatic rings. The van der Waals surface area contributed by atoms with Crippen LogP contribution in [-0.4, -0.2) is 13.1 Å². The predicted molar refractivity (Wildman–Crippen MR) is 132 cm³/mol. The summed E-state index contributed by atoms with van der Waals surface area (Å²) in [6.07, 6.45) is 0. The molecule has 0 radical (unpaired) electrons. The van der Waals surface area contributed by atoms with Crippen LogP contribution in [0.15, 0.2) is 36.4 Å². The van der Waals surface area contributed by atoms with Crippen LogP contribution in [0.2, 0.25) is 0 Å². The molecule has 0 spiro atoms. The molecule has 158 valence electrons. The van der Waals surface area contributed by atoms with Gasteiger partial charge in [0.15, 0.2) is 0 Å². The Morgan fingerprint density at radius 2 is 0.828 bits per heavy atom. The first-order valence-electron chi connectivity index (χ1n) is 11.3. The summed E-state index contributed by atoms with van der Waals surface area (Å²) in [7, 11) is 0.669. The molecule has 0 bridgehead atoms. The molecule has 0 aliphatic carbocycles. The third-order valence-corrected chi connectivity index (χ3v) is 7.39. The van der Waals surface area contributed by atoms with E-state index in [1.165, 1.54) is 33.6 Å². The smallest absolute Gasteiger partial charge is 0.0800 e. The van der Waals surface area contributed by atoms with Crippen LogP contribution in [0.1, 0.15) is 101 Å². The van der Waals surface area contributed by atoms with Crippen LogP contribution in [0.3, 0.4) is 0 Å². The molecule has 3 heteroatoms. The maximum atomic E-state index is 2.66. The minimum Gasteiger partial charge on any atom is -0.334 e. The third-order valence-electron chi connectivity index (χ3n) is 6.01. The highest BCUT2D eigenvalue weighted by atomic mass is 31.1. The van der Waals surface area contributed by atoms with Crippen LogP contribution >= 0.6 is 8.88 Å². The van der Waals surface area contributed by atoms with E-state index in [0.717, 1.165) is 13.1 Å². The molecule has 2 nitrogen and oxygen atoms in total. The number of hydrogen-bond donors (Lipinski definition) is 0. The summed E-state index contributed by atoms with van der Waals surface area (Å²) < 4.78 is 5.32. The zero-order chi connectivity index (χ0) is 21.3. The number of hydrogen-bond acceptors (Lipinski definition) is 2. The lowest BCUT2D eigenvalue weighted by Crippen LogP contribution is -2.16. The molecule has 0 aromatic heterocycles. The van der Waals surface area contributed by atoms with Crippen molar-refractivity contribution in [3.8, 4) is 0 Å². The molecule has 0 saturated carbocycles. The summed E-state index contributed by atoms with van der Waals surface area (Å²) >= 11 is 0. The van der Waals surface area contributed by atoms with Crippen LogP contribution < -0.4 is 9.34 Å². The van der Waals surface area contributed by atoms with Crippen LogP contribution in [-0.2, 0) is 0 Å². The van der Waals surface area contributed by atoms with Gasteiger partial charge in [-0.3, -0.25) is 0 Å². The average Bonchev–Trinajstić information content (AvgIpc) is 3.15. The lowest BCUT2D eigenvalue weighted by molar-refractivity contribution is 0.821. The van der Waals surface area contributed by atoms with Gasteiger partial charge in [-0.15, -0.1) is 0 Å². The lowest BCUT2D eigenvalue weighted by Gasteiger charge is -2.30. The van der Waals surface area contributed by atoms with Gasteiger partial charge >= 0.3 is 0 Å². The minimum atomic E-state index is 0.539. The van der Waals surface area contributed by atoms with Gasteiger partial charge in [0.05, 0.1) is 8.88 Å². The van der Waals surface area contributed by atoms with E-state index >= 15 is 0 Å². The molecule has 2 aromatic rings. The summed E-state index contributed by atoms with van der Waals surface area (Å²) in [6.45, 7) is 20.8. The van der Waals surface area contributed by atoms with E-state index < -0.39 is 0 Å². The fraction of sp³-hybridized carbons (Fsp3) is 0.538. The number of para-hydroxylation sites is 2. The van der Waals surface area contributed by atoms with Gasteiger partial charge in [-0.2, -0.15) is 0 Å². The molecule has 29 heavy (non-hydrogen) atoms. The molecular weight excluding hydrogens is 371 g/mol. The maximum absolute atomic E-state index is 2.66. The fourth-order valence-electron chi connectivity index (χ4n) is 4.42. The third kappa shape index (κ3) is 4.48. The molecule has 0 atom stereocenters. The van der Waals surface area contributed by atoms with E-state index in [1.54, 1.807) is 0 Å². The molecule has 1 saturated heterocycles. The van der Waals surface area contributed by atoms with Crippen molar-refractivity contribution in [1.82, 2.24) is 0 Å². The molecular formula is C26H39N2P. The normalized spacial score (nSPS) is 14.9. The highest BCUT2D eigenvalue weighted by molar-refractivity contribution is 7.42. The Hall–Kier alpha value is -1.53. The maximum Gasteiger partial charge on any atom is 0.0800 e.